The molecule has 0 unspecified atom stereocenters. The van der Waals surface area contributed by atoms with Crippen LogP contribution in [0.2, 0.25) is 5.02 Å². The minimum atomic E-state index is 0.616. The number of hydrogen-bond donors (Lipinski definition) is 0. The highest BCUT2D eigenvalue weighted by molar-refractivity contribution is 6.33. The van der Waals surface area contributed by atoms with Gasteiger partial charge in [-0.2, -0.15) is 0 Å². The average molecular weight is 383 g/mol. The van der Waals surface area contributed by atoms with Gasteiger partial charge in [0.1, 0.15) is 11.5 Å². The van der Waals surface area contributed by atoms with Crippen LogP contribution >= 0.6 is 23.2 Å². The number of unbranched alkanes of at least 4 members (excludes halogenated alkanes) is 5. The maximum atomic E-state index is 6.49. The van der Waals surface area contributed by atoms with Crippen molar-refractivity contribution in [2.24, 2.45) is 0 Å². The van der Waals surface area contributed by atoms with E-state index < -0.39 is 0 Å². The van der Waals surface area contributed by atoms with Crippen molar-refractivity contribution in [1.82, 2.24) is 0 Å². The molecule has 0 aliphatic heterocycles. The van der Waals surface area contributed by atoms with Gasteiger partial charge in [0.05, 0.1) is 18.2 Å². The quantitative estimate of drug-likeness (QED) is 0.284. The number of ether oxygens (including phenoxy) is 2. The summed E-state index contributed by atoms with van der Waals surface area (Å²) in [5, 5.41) is 2.68. The molecule has 0 saturated heterocycles. The lowest BCUT2D eigenvalue weighted by Crippen LogP contribution is -2.01. The fourth-order valence-corrected chi connectivity index (χ4v) is 3.25. The molecule has 0 heterocycles. The number of hydrogen-bond acceptors (Lipinski definition) is 2. The molecule has 0 fully saturated rings. The highest BCUT2D eigenvalue weighted by Crippen LogP contribution is 2.39. The Kier molecular flexibility index (Phi) is 9.28. The van der Waals surface area contributed by atoms with Crippen LogP contribution in [0.3, 0.4) is 0 Å². The Labute approximate surface area is 161 Å². The van der Waals surface area contributed by atoms with Gasteiger partial charge in [-0.25, -0.2) is 0 Å². The third-order valence-corrected chi connectivity index (χ3v) is 4.74. The SMILES string of the molecule is CCCCCCOc1c(Cl)cc(OCCCCCCl)c2ccccc12. The smallest absolute Gasteiger partial charge is 0.145 e. The van der Waals surface area contributed by atoms with E-state index in [4.69, 9.17) is 32.7 Å². The molecule has 0 spiro atoms. The highest BCUT2D eigenvalue weighted by Gasteiger charge is 2.13. The zero-order valence-electron chi connectivity index (χ0n) is 15.0. The monoisotopic (exact) mass is 382 g/mol. The Morgan fingerprint density at radius 2 is 1.52 bits per heavy atom. The van der Waals surface area contributed by atoms with E-state index in [1.165, 1.54) is 19.3 Å². The van der Waals surface area contributed by atoms with Gasteiger partial charge in [-0.3, -0.25) is 0 Å². The van der Waals surface area contributed by atoms with Gasteiger partial charge >= 0.3 is 0 Å². The molecule has 2 aromatic rings. The Morgan fingerprint density at radius 1 is 0.840 bits per heavy atom. The molecule has 0 radical (unpaired) electrons. The minimum absolute atomic E-state index is 0.616. The summed E-state index contributed by atoms with van der Waals surface area (Å²) in [7, 11) is 0. The molecule has 0 N–H and O–H groups in total. The Hall–Kier alpha value is -1.12. The van der Waals surface area contributed by atoms with Crippen molar-refractivity contribution in [3.8, 4) is 11.5 Å². The van der Waals surface area contributed by atoms with Crippen molar-refractivity contribution in [2.75, 3.05) is 19.1 Å². The van der Waals surface area contributed by atoms with Crippen LogP contribution in [-0.4, -0.2) is 19.1 Å². The summed E-state index contributed by atoms with van der Waals surface area (Å²) in [6.45, 7) is 3.58. The molecular formula is C21H28Cl2O2. The van der Waals surface area contributed by atoms with Crippen molar-refractivity contribution in [1.29, 1.82) is 0 Å². The van der Waals surface area contributed by atoms with Crippen LogP contribution in [-0.2, 0) is 0 Å². The van der Waals surface area contributed by atoms with Crippen LogP contribution in [0.1, 0.15) is 51.9 Å². The molecule has 0 aromatic heterocycles. The summed E-state index contributed by atoms with van der Waals surface area (Å²) in [4.78, 5) is 0. The lowest BCUT2D eigenvalue weighted by molar-refractivity contribution is 0.303. The number of benzene rings is 2. The number of halogens is 2. The second-order valence-electron chi connectivity index (χ2n) is 6.24. The first-order valence-electron chi connectivity index (χ1n) is 9.30. The molecule has 2 aromatic carbocycles. The van der Waals surface area contributed by atoms with Gasteiger partial charge in [-0.05, 0) is 25.7 Å². The Balaban J connectivity index is 2.07. The van der Waals surface area contributed by atoms with Crippen LogP contribution in [0, 0.1) is 0 Å². The molecule has 0 atom stereocenters. The first-order chi connectivity index (χ1) is 12.3. The molecule has 0 aliphatic rings. The highest BCUT2D eigenvalue weighted by atomic mass is 35.5. The molecule has 0 saturated carbocycles. The Bertz CT molecular complexity index is 643. The maximum absolute atomic E-state index is 6.49. The van der Waals surface area contributed by atoms with E-state index >= 15 is 0 Å². The van der Waals surface area contributed by atoms with Crippen molar-refractivity contribution in [2.45, 2.75) is 51.9 Å². The van der Waals surface area contributed by atoms with E-state index in [1.807, 2.05) is 24.3 Å². The van der Waals surface area contributed by atoms with Gasteiger partial charge in [0.25, 0.3) is 0 Å². The van der Waals surface area contributed by atoms with E-state index in [2.05, 4.69) is 13.0 Å². The van der Waals surface area contributed by atoms with Gasteiger partial charge < -0.3 is 9.47 Å². The summed E-state index contributed by atoms with van der Waals surface area (Å²) in [5.74, 6) is 2.30. The lowest BCUT2D eigenvalue weighted by atomic mass is 10.1. The lowest BCUT2D eigenvalue weighted by Gasteiger charge is -2.15. The van der Waals surface area contributed by atoms with Crippen molar-refractivity contribution >= 4 is 34.0 Å². The van der Waals surface area contributed by atoms with E-state index in [9.17, 15) is 0 Å². The van der Waals surface area contributed by atoms with Crippen LogP contribution in [0.25, 0.3) is 10.8 Å². The zero-order valence-corrected chi connectivity index (χ0v) is 16.5. The predicted octanol–water partition coefficient (Wildman–Crippen LogP) is 7.24. The molecule has 0 amide bonds. The van der Waals surface area contributed by atoms with E-state index in [1.54, 1.807) is 0 Å². The fourth-order valence-electron chi connectivity index (χ4n) is 2.81. The topological polar surface area (TPSA) is 18.5 Å². The van der Waals surface area contributed by atoms with Crippen LogP contribution < -0.4 is 9.47 Å². The second kappa shape index (κ2) is 11.5. The minimum Gasteiger partial charge on any atom is -0.493 e. The largest absolute Gasteiger partial charge is 0.493 e. The van der Waals surface area contributed by atoms with E-state index in [0.29, 0.717) is 24.1 Å². The summed E-state index contributed by atoms with van der Waals surface area (Å²) in [6.07, 6.45) is 7.81. The summed E-state index contributed by atoms with van der Waals surface area (Å²) in [6, 6.07) is 10.0. The Morgan fingerprint density at radius 3 is 2.24 bits per heavy atom. The van der Waals surface area contributed by atoms with Crippen molar-refractivity contribution in [3.05, 3.63) is 35.4 Å². The molecule has 0 bridgehead atoms. The second-order valence-corrected chi connectivity index (χ2v) is 7.02. The molecule has 4 heteroatoms. The van der Waals surface area contributed by atoms with Gasteiger partial charge in [0, 0.05) is 22.7 Å². The van der Waals surface area contributed by atoms with Crippen molar-refractivity contribution < 1.29 is 9.47 Å². The summed E-state index contributed by atoms with van der Waals surface area (Å²) in [5.41, 5.74) is 0. The third kappa shape index (κ3) is 6.27. The molecule has 2 rings (SSSR count). The van der Waals surface area contributed by atoms with Gasteiger partial charge in [0.15, 0.2) is 0 Å². The standard InChI is InChI=1S/C21H28Cl2O2/c1-2-3-4-9-15-25-21-18-12-7-6-11-17(18)20(16-19(21)23)24-14-10-5-8-13-22/h6-7,11-12,16H,2-5,8-10,13-15H2,1H3. The van der Waals surface area contributed by atoms with Gasteiger partial charge in [-0.15, -0.1) is 11.6 Å². The first-order valence-corrected chi connectivity index (χ1v) is 10.2. The maximum Gasteiger partial charge on any atom is 0.145 e. The number of rotatable bonds is 12. The van der Waals surface area contributed by atoms with Gasteiger partial charge in [0.2, 0.25) is 0 Å². The number of fused-ring (bicyclic) bond motifs is 1. The third-order valence-electron chi connectivity index (χ3n) is 4.19. The van der Waals surface area contributed by atoms with Crippen LogP contribution in [0.4, 0.5) is 0 Å². The molecule has 138 valence electrons. The normalized spacial score (nSPS) is 11.0. The van der Waals surface area contributed by atoms with Crippen LogP contribution in [0.5, 0.6) is 11.5 Å². The van der Waals surface area contributed by atoms with Crippen LogP contribution in [0.15, 0.2) is 30.3 Å². The first kappa shape index (κ1) is 20.2. The average Bonchev–Trinajstić information content (AvgIpc) is 2.63. The molecule has 0 aliphatic carbocycles. The zero-order chi connectivity index (χ0) is 17.9. The van der Waals surface area contributed by atoms with Crippen molar-refractivity contribution in [3.63, 3.8) is 0 Å². The van der Waals surface area contributed by atoms with E-state index in [-0.39, 0.29) is 0 Å². The van der Waals surface area contributed by atoms with E-state index in [0.717, 1.165) is 48.0 Å². The predicted molar refractivity (Wildman–Crippen MR) is 109 cm³/mol. The molecule has 25 heavy (non-hydrogen) atoms. The molecular weight excluding hydrogens is 355 g/mol. The summed E-state index contributed by atoms with van der Waals surface area (Å²) >= 11 is 12.2. The van der Waals surface area contributed by atoms with Gasteiger partial charge in [-0.1, -0.05) is 62.1 Å². The fraction of sp³-hybridized carbons (Fsp3) is 0.524. The number of alkyl halides is 1. The molecule has 2 nitrogen and oxygen atoms in total. The summed E-state index contributed by atoms with van der Waals surface area (Å²) < 4.78 is 12.0.